The van der Waals surface area contributed by atoms with Crippen LogP contribution in [0.1, 0.15) is 44.1 Å². The third-order valence-corrected chi connectivity index (χ3v) is 3.37. The van der Waals surface area contributed by atoms with Gasteiger partial charge in [0.05, 0.1) is 12.7 Å². The molecule has 0 saturated heterocycles. The zero-order chi connectivity index (χ0) is 11.9. The summed E-state index contributed by atoms with van der Waals surface area (Å²) in [6.07, 6.45) is 10.1. The van der Waals surface area contributed by atoms with Gasteiger partial charge >= 0.3 is 0 Å². The van der Waals surface area contributed by atoms with E-state index in [1.807, 2.05) is 19.3 Å². The second kappa shape index (κ2) is 6.60. The summed E-state index contributed by atoms with van der Waals surface area (Å²) in [6.45, 7) is 0.710. The Morgan fingerprint density at radius 3 is 2.76 bits per heavy atom. The molecule has 2 rings (SSSR count). The normalized spacial score (nSPS) is 17.7. The summed E-state index contributed by atoms with van der Waals surface area (Å²) in [5.74, 6) is 0.909. The van der Waals surface area contributed by atoms with E-state index in [1.165, 1.54) is 44.1 Å². The lowest BCUT2D eigenvalue weighted by Crippen LogP contribution is -2.11. The maximum absolute atomic E-state index is 5.99. The van der Waals surface area contributed by atoms with Crippen molar-refractivity contribution in [3.05, 3.63) is 23.9 Å². The molecule has 1 saturated carbocycles. The van der Waals surface area contributed by atoms with Gasteiger partial charge in [-0.1, -0.05) is 25.7 Å². The van der Waals surface area contributed by atoms with Gasteiger partial charge in [0.2, 0.25) is 0 Å². The van der Waals surface area contributed by atoms with Gasteiger partial charge in [0.1, 0.15) is 5.82 Å². The molecule has 1 N–H and O–H groups in total. The van der Waals surface area contributed by atoms with Crippen LogP contribution >= 0.6 is 0 Å². The molecule has 0 bridgehead atoms. The number of ether oxygens (including phenoxy) is 1. The Hall–Kier alpha value is -1.09. The molecule has 0 amide bonds. The predicted molar refractivity (Wildman–Crippen MR) is 70.1 cm³/mol. The number of pyridine rings is 1. The average molecular weight is 234 g/mol. The maximum Gasteiger partial charge on any atom is 0.125 e. The minimum absolute atomic E-state index is 0.462. The summed E-state index contributed by atoms with van der Waals surface area (Å²) in [7, 11) is 1.89. The van der Waals surface area contributed by atoms with E-state index in [2.05, 4.69) is 16.4 Å². The highest BCUT2D eigenvalue weighted by Gasteiger charge is 2.12. The number of hydrogen-bond donors (Lipinski definition) is 1. The first-order valence-electron chi connectivity index (χ1n) is 6.63. The summed E-state index contributed by atoms with van der Waals surface area (Å²) in [5, 5.41) is 3.05. The molecule has 0 spiro atoms. The van der Waals surface area contributed by atoms with E-state index < -0.39 is 0 Å². The molecule has 0 aliphatic heterocycles. The molecule has 1 aliphatic rings. The van der Waals surface area contributed by atoms with E-state index in [-0.39, 0.29) is 0 Å². The van der Waals surface area contributed by atoms with Crippen LogP contribution in [-0.4, -0.2) is 18.1 Å². The van der Waals surface area contributed by atoms with Gasteiger partial charge in [0.25, 0.3) is 0 Å². The number of aromatic nitrogens is 1. The first kappa shape index (κ1) is 12.4. The van der Waals surface area contributed by atoms with Crippen LogP contribution < -0.4 is 5.32 Å². The van der Waals surface area contributed by atoms with Crippen molar-refractivity contribution < 1.29 is 4.74 Å². The summed E-state index contributed by atoms with van der Waals surface area (Å²) in [5.41, 5.74) is 1.20. The highest BCUT2D eigenvalue weighted by Crippen LogP contribution is 2.21. The van der Waals surface area contributed by atoms with Crippen molar-refractivity contribution in [2.45, 2.75) is 51.2 Å². The number of nitrogens with one attached hydrogen (secondary N) is 1. The number of rotatable bonds is 4. The second-order valence-electron chi connectivity index (χ2n) is 4.72. The minimum atomic E-state index is 0.462. The molecule has 3 nitrogen and oxygen atoms in total. The number of hydrogen-bond acceptors (Lipinski definition) is 3. The second-order valence-corrected chi connectivity index (χ2v) is 4.72. The van der Waals surface area contributed by atoms with E-state index in [9.17, 15) is 0 Å². The Kier molecular flexibility index (Phi) is 4.80. The van der Waals surface area contributed by atoms with E-state index in [0.717, 1.165) is 5.82 Å². The van der Waals surface area contributed by atoms with Crippen molar-refractivity contribution in [3.8, 4) is 0 Å². The van der Waals surface area contributed by atoms with Crippen molar-refractivity contribution in [3.63, 3.8) is 0 Å². The smallest absolute Gasteiger partial charge is 0.125 e. The van der Waals surface area contributed by atoms with Gasteiger partial charge in [-0.25, -0.2) is 4.98 Å². The molecule has 1 heterocycles. The molecule has 1 fully saturated rings. The fraction of sp³-hybridized carbons (Fsp3) is 0.643. The quantitative estimate of drug-likeness (QED) is 0.811. The molecule has 17 heavy (non-hydrogen) atoms. The largest absolute Gasteiger partial charge is 0.374 e. The van der Waals surface area contributed by atoms with Crippen LogP contribution in [0.15, 0.2) is 18.3 Å². The molecule has 0 aromatic carbocycles. The van der Waals surface area contributed by atoms with Crippen molar-refractivity contribution in [1.29, 1.82) is 0 Å². The zero-order valence-corrected chi connectivity index (χ0v) is 10.6. The first-order valence-corrected chi connectivity index (χ1v) is 6.63. The fourth-order valence-corrected chi connectivity index (χ4v) is 2.32. The summed E-state index contributed by atoms with van der Waals surface area (Å²) in [4.78, 5) is 4.20. The highest BCUT2D eigenvalue weighted by atomic mass is 16.5. The van der Waals surface area contributed by atoms with Crippen molar-refractivity contribution >= 4 is 5.82 Å². The van der Waals surface area contributed by atoms with Crippen LogP contribution in [0.25, 0.3) is 0 Å². The van der Waals surface area contributed by atoms with Gasteiger partial charge in [-0.05, 0) is 30.5 Å². The number of nitrogens with zero attached hydrogens (tertiary/aromatic N) is 1. The van der Waals surface area contributed by atoms with Gasteiger partial charge in [0.15, 0.2) is 0 Å². The Labute approximate surface area is 104 Å². The summed E-state index contributed by atoms with van der Waals surface area (Å²) >= 11 is 0. The molecule has 1 aliphatic carbocycles. The van der Waals surface area contributed by atoms with Crippen molar-refractivity contribution in [2.75, 3.05) is 12.4 Å². The fourth-order valence-electron chi connectivity index (χ4n) is 2.32. The molecular weight excluding hydrogens is 212 g/mol. The highest BCUT2D eigenvalue weighted by molar-refractivity contribution is 5.36. The SMILES string of the molecule is CNc1cc(COC2CCCCCC2)ccn1. The Bertz CT molecular complexity index is 333. The molecule has 94 valence electrons. The summed E-state index contributed by atoms with van der Waals surface area (Å²) < 4.78 is 5.99. The minimum Gasteiger partial charge on any atom is -0.374 e. The van der Waals surface area contributed by atoms with E-state index in [0.29, 0.717) is 12.7 Å². The zero-order valence-electron chi connectivity index (χ0n) is 10.6. The van der Waals surface area contributed by atoms with Crippen LogP contribution in [0.5, 0.6) is 0 Å². The van der Waals surface area contributed by atoms with E-state index in [4.69, 9.17) is 4.74 Å². The monoisotopic (exact) mass is 234 g/mol. The van der Waals surface area contributed by atoms with Gasteiger partial charge in [0, 0.05) is 13.2 Å². The lowest BCUT2D eigenvalue weighted by molar-refractivity contribution is 0.0310. The number of anilines is 1. The van der Waals surface area contributed by atoms with Crippen LogP contribution in [-0.2, 0) is 11.3 Å². The molecule has 0 radical (unpaired) electrons. The van der Waals surface area contributed by atoms with Gasteiger partial charge in [-0.15, -0.1) is 0 Å². The van der Waals surface area contributed by atoms with Crippen LogP contribution in [0.2, 0.25) is 0 Å². The molecular formula is C14H22N2O. The molecule has 1 aromatic heterocycles. The van der Waals surface area contributed by atoms with Crippen LogP contribution in [0, 0.1) is 0 Å². The lowest BCUT2D eigenvalue weighted by atomic mass is 10.1. The van der Waals surface area contributed by atoms with Crippen molar-refractivity contribution in [2.24, 2.45) is 0 Å². The molecule has 0 unspecified atom stereocenters. The summed E-state index contributed by atoms with van der Waals surface area (Å²) in [6, 6.07) is 4.08. The lowest BCUT2D eigenvalue weighted by Gasteiger charge is -2.15. The Morgan fingerprint density at radius 1 is 1.29 bits per heavy atom. The molecule has 0 atom stereocenters. The van der Waals surface area contributed by atoms with Crippen LogP contribution in [0.3, 0.4) is 0 Å². The maximum atomic E-state index is 5.99. The van der Waals surface area contributed by atoms with Gasteiger partial charge < -0.3 is 10.1 Å². The standard InChI is InChI=1S/C14H22N2O/c1-15-14-10-12(8-9-16-14)11-17-13-6-4-2-3-5-7-13/h8-10,13H,2-7,11H2,1H3,(H,15,16). The predicted octanol–water partition coefficient (Wildman–Crippen LogP) is 3.36. The topological polar surface area (TPSA) is 34.1 Å². The third-order valence-electron chi connectivity index (χ3n) is 3.37. The Balaban J connectivity index is 1.83. The van der Waals surface area contributed by atoms with Gasteiger partial charge in [-0.2, -0.15) is 0 Å². The Morgan fingerprint density at radius 2 is 2.06 bits per heavy atom. The van der Waals surface area contributed by atoms with Gasteiger partial charge in [-0.3, -0.25) is 0 Å². The van der Waals surface area contributed by atoms with E-state index >= 15 is 0 Å². The molecule has 1 aromatic rings. The molecule has 3 heteroatoms. The third kappa shape index (κ3) is 4.00. The van der Waals surface area contributed by atoms with E-state index in [1.54, 1.807) is 0 Å². The van der Waals surface area contributed by atoms with Crippen molar-refractivity contribution in [1.82, 2.24) is 4.98 Å². The van der Waals surface area contributed by atoms with Crippen LogP contribution in [0.4, 0.5) is 5.82 Å². The first-order chi connectivity index (χ1) is 8.38. The average Bonchev–Trinajstić information content (AvgIpc) is 2.65.